The van der Waals surface area contributed by atoms with Crippen molar-refractivity contribution in [2.24, 2.45) is 0 Å². The molecule has 0 aromatic heterocycles. The molecule has 0 bridgehead atoms. The van der Waals surface area contributed by atoms with E-state index in [9.17, 15) is 14.0 Å². The minimum Gasteiger partial charge on any atom is -0.399 e. The molecule has 3 N–H and O–H groups in total. The first-order valence-electron chi connectivity index (χ1n) is 6.77. The zero-order chi connectivity index (χ0) is 15.0. The molecule has 6 nitrogen and oxygen atoms in total. The molecule has 2 aliphatic heterocycles. The van der Waals surface area contributed by atoms with Crippen LogP contribution in [0.15, 0.2) is 18.2 Å². The fourth-order valence-electron chi connectivity index (χ4n) is 2.83. The van der Waals surface area contributed by atoms with E-state index >= 15 is 0 Å². The van der Waals surface area contributed by atoms with Gasteiger partial charge in [0.05, 0.1) is 6.54 Å². The first kappa shape index (κ1) is 13.8. The minimum atomic E-state index is -0.867. The lowest BCUT2D eigenvalue weighted by atomic mass is 9.90. The number of nitrogens with one attached hydrogen (secondary N) is 1. The molecule has 1 aromatic rings. The minimum absolute atomic E-state index is 0.00916. The van der Waals surface area contributed by atoms with Crippen molar-refractivity contribution in [3.8, 4) is 0 Å². The largest absolute Gasteiger partial charge is 0.399 e. The summed E-state index contributed by atoms with van der Waals surface area (Å²) in [5.41, 5.74) is 5.46. The van der Waals surface area contributed by atoms with Crippen molar-refractivity contribution in [3.05, 3.63) is 29.6 Å². The molecule has 0 unspecified atom stereocenters. The van der Waals surface area contributed by atoms with Crippen molar-refractivity contribution in [2.45, 2.75) is 24.9 Å². The fraction of sp³-hybridized carbons (Fsp3) is 0.429. The van der Waals surface area contributed by atoms with Gasteiger partial charge in [0, 0.05) is 31.7 Å². The number of benzene rings is 1. The highest BCUT2D eigenvalue weighted by Gasteiger charge is 2.51. The molecule has 2 aliphatic rings. The molecule has 3 amide bonds. The number of rotatable bonds is 2. The number of ether oxygens (including phenoxy) is 1. The van der Waals surface area contributed by atoms with Gasteiger partial charge in [-0.1, -0.05) is 0 Å². The number of carbonyl (C=O) groups is 2. The number of urea groups is 1. The Kier molecular flexibility index (Phi) is 3.29. The highest BCUT2D eigenvalue weighted by atomic mass is 19.1. The van der Waals surface area contributed by atoms with E-state index < -0.39 is 17.4 Å². The van der Waals surface area contributed by atoms with Gasteiger partial charge in [0.2, 0.25) is 0 Å². The Balaban J connectivity index is 1.82. The molecule has 2 saturated heterocycles. The monoisotopic (exact) mass is 293 g/mol. The van der Waals surface area contributed by atoms with Crippen LogP contribution in [-0.2, 0) is 16.1 Å². The standard InChI is InChI=1S/C14H16FN3O3/c15-10-5-9(6-11(16)7-10)8-18-12(19)14(17-13(18)20)1-3-21-4-2-14/h5-7H,1-4,8,16H2,(H,17,20). The SMILES string of the molecule is Nc1cc(F)cc(CN2C(=O)NC3(CCOCC3)C2=O)c1. The van der Waals surface area contributed by atoms with Crippen LogP contribution in [0.5, 0.6) is 0 Å². The zero-order valence-electron chi connectivity index (χ0n) is 11.4. The molecule has 1 spiro atoms. The van der Waals surface area contributed by atoms with Crippen LogP contribution in [0, 0.1) is 5.82 Å². The number of anilines is 1. The Bertz CT molecular complexity index is 579. The second-order valence-electron chi connectivity index (χ2n) is 5.41. The van der Waals surface area contributed by atoms with E-state index in [1.165, 1.54) is 12.1 Å². The maximum atomic E-state index is 13.3. The summed E-state index contributed by atoms with van der Waals surface area (Å²) >= 11 is 0. The lowest BCUT2D eigenvalue weighted by molar-refractivity contribution is -0.134. The average Bonchev–Trinajstić information content (AvgIpc) is 2.63. The van der Waals surface area contributed by atoms with Crippen molar-refractivity contribution in [1.29, 1.82) is 0 Å². The van der Waals surface area contributed by atoms with E-state index in [0.29, 0.717) is 31.6 Å². The van der Waals surface area contributed by atoms with Crippen molar-refractivity contribution >= 4 is 17.6 Å². The van der Waals surface area contributed by atoms with Crippen LogP contribution in [0.1, 0.15) is 18.4 Å². The first-order chi connectivity index (χ1) is 10.00. The van der Waals surface area contributed by atoms with Crippen LogP contribution >= 0.6 is 0 Å². The quantitative estimate of drug-likeness (QED) is 0.629. The number of hydrogen-bond donors (Lipinski definition) is 2. The maximum Gasteiger partial charge on any atom is 0.325 e. The van der Waals surface area contributed by atoms with Gasteiger partial charge in [0.15, 0.2) is 0 Å². The average molecular weight is 293 g/mol. The number of carbonyl (C=O) groups excluding carboxylic acids is 2. The van der Waals surface area contributed by atoms with Crippen LogP contribution in [0.4, 0.5) is 14.9 Å². The van der Waals surface area contributed by atoms with E-state index in [4.69, 9.17) is 10.5 Å². The number of imide groups is 1. The van der Waals surface area contributed by atoms with Gasteiger partial charge in [-0.2, -0.15) is 0 Å². The lowest BCUT2D eigenvalue weighted by Crippen LogP contribution is -2.51. The molecule has 0 aliphatic carbocycles. The van der Waals surface area contributed by atoms with Crippen LogP contribution < -0.4 is 11.1 Å². The summed E-state index contributed by atoms with van der Waals surface area (Å²) in [6, 6.07) is 3.56. The third-order valence-electron chi connectivity index (χ3n) is 3.91. The molecular formula is C14H16FN3O3. The van der Waals surface area contributed by atoms with Crippen LogP contribution in [0.25, 0.3) is 0 Å². The van der Waals surface area contributed by atoms with E-state index in [0.717, 1.165) is 4.90 Å². The van der Waals surface area contributed by atoms with Crippen LogP contribution in [-0.4, -0.2) is 35.6 Å². The predicted molar refractivity (Wildman–Crippen MR) is 72.7 cm³/mol. The summed E-state index contributed by atoms with van der Waals surface area (Å²) in [5, 5.41) is 2.75. The van der Waals surface area contributed by atoms with Gasteiger partial charge in [-0.3, -0.25) is 9.69 Å². The summed E-state index contributed by atoms with van der Waals surface area (Å²) in [7, 11) is 0. The molecule has 0 radical (unpaired) electrons. The molecule has 21 heavy (non-hydrogen) atoms. The van der Waals surface area contributed by atoms with E-state index in [-0.39, 0.29) is 18.1 Å². The number of halogens is 1. The summed E-state index contributed by atoms with van der Waals surface area (Å²) in [6.45, 7) is 0.884. The van der Waals surface area contributed by atoms with E-state index in [1.807, 2.05) is 0 Å². The number of hydrogen-bond acceptors (Lipinski definition) is 4. The van der Waals surface area contributed by atoms with Gasteiger partial charge in [0.25, 0.3) is 5.91 Å². The summed E-state index contributed by atoms with van der Waals surface area (Å²) in [6.07, 6.45) is 0.915. The summed E-state index contributed by atoms with van der Waals surface area (Å²) < 4.78 is 18.6. The molecule has 0 saturated carbocycles. The summed E-state index contributed by atoms with van der Waals surface area (Å²) in [4.78, 5) is 25.7. The Hall–Kier alpha value is -2.15. The highest BCUT2D eigenvalue weighted by molar-refractivity contribution is 6.07. The van der Waals surface area contributed by atoms with Gasteiger partial charge in [-0.05, 0) is 23.8 Å². The highest BCUT2D eigenvalue weighted by Crippen LogP contribution is 2.29. The molecule has 112 valence electrons. The normalized spacial score (nSPS) is 20.9. The van der Waals surface area contributed by atoms with Gasteiger partial charge < -0.3 is 15.8 Å². The third kappa shape index (κ3) is 2.44. The number of amides is 3. The number of nitrogens with zero attached hydrogens (tertiary/aromatic N) is 1. The first-order valence-corrected chi connectivity index (χ1v) is 6.77. The van der Waals surface area contributed by atoms with E-state index in [2.05, 4.69) is 5.32 Å². The predicted octanol–water partition coefficient (Wildman–Crippen LogP) is 1.01. The molecule has 2 heterocycles. The number of nitrogens with two attached hydrogens (primary N) is 1. The molecule has 7 heteroatoms. The van der Waals surface area contributed by atoms with Crippen molar-refractivity contribution in [1.82, 2.24) is 10.2 Å². The van der Waals surface area contributed by atoms with Crippen molar-refractivity contribution < 1.29 is 18.7 Å². The topological polar surface area (TPSA) is 84.7 Å². The molecule has 1 aromatic carbocycles. The number of nitrogen functional groups attached to an aromatic ring is 1. The van der Waals surface area contributed by atoms with Gasteiger partial charge >= 0.3 is 6.03 Å². The third-order valence-corrected chi connectivity index (χ3v) is 3.91. The van der Waals surface area contributed by atoms with Crippen LogP contribution in [0.2, 0.25) is 0 Å². The van der Waals surface area contributed by atoms with Crippen LogP contribution in [0.3, 0.4) is 0 Å². The fourth-order valence-corrected chi connectivity index (χ4v) is 2.83. The van der Waals surface area contributed by atoms with Gasteiger partial charge in [0.1, 0.15) is 11.4 Å². The lowest BCUT2D eigenvalue weighted by Gasteiger charge is -2.30. The van der Waals surface area contributed by atoms with Gasteiger partial charge in [-0.15, -0.1) is 0 Å². The van der Waals surface area contributed by atoms with Crippen molar-refractivity contribution in [2.75, 3.05) is 18.9 Å². The Morgan fingerprint density at radius 3 is 2.67 bits per heavy atom. The molecular weight excluding hydrogens is 277 g/mol. The molecule has 2 fully saturated rings. The molecule has 0 atom stereocenters. The Morgan fingerprint density at radius 2 is 2.00 bits per heavy atom. The molecule has 3 rings (SSSR count). The van der Waals surface area contributed by atoms with Gasteiger partial charge in [-0.25, -0.2) is 9.18 Å². The maximum absolute atomic E-state index is 13.3. The van der Waals surface area contributed by atoms with Crippen molar-refractivity contribution in [3.63, 3.8) is 0 Å². The summed E-state index contributed by atoms with van der Waals surface area (Å²) in [5.74, 6) is -0.767. The van der Waals surface area contributed by atoms with E-state index in [1.54, 1.807) is 6.07 Å². The second-order valence-corrected chi connectivity index (χ2v) is 5.41. The smallest absolute Gasteiger partial charge is 0.325 e. The Labute approximate surface area is 121 Å². The Morgan fingerprint density at radius 1 is 1.29 bits per heavy atom. The second kappa shape index (κ2) is 5.00. The zero-order valence-corrected chi connectivity index (χ0v) is 11.4.